The van der Waals surface area contributed by atoms with Crippen molar-refractivity contribution < 1.29 is 14.7 Å². The van der Waals surface area contributed by atoms with Crippen LogP contribution in [0.4, 0.5) is 4.79 Å². The monoisotopic (exact) mass is 299 g/mol. The van der Waals surface area contributed by atoms with Crippen molar-refractivity contribution >= 4 is 12.0 Å². The SMILES string of the molecule is CCCC(CCNC(=O)NC1CCNCC1)CCC(=O)O. The van der Waals surface area contributed by atoms with E-state index in [9.17, 15) is 9.59 Å². The number of hydrogen-bond acceptors (Lipinski definition) is 3. The summed E-state index contributed by atoms with van der Waals surface area (Å²) >= 11 is 0. The number of piperidine rings is 1. The van der Waals surface area contributed by atoms with E-state index in [1.54, 1.807) is 0 Å². The Morgan fingerprint density at radius 2 is 1.95 bits per heavy atom. The molecule has 21 heavy (non-hydrogen) atoms. The smallest absolute Gasteiger partial charge is 0.315 e. The standard InChI is InChI=1S/C15H29N3O3/c1-2-3-12(4-5-14(19)20)6-11-17-15(21)18-13-7-9-16-10-8-13/h12-13,16H,2-11H2,1H3,(H,19,20)(H2,17,18,21). The number of nitrogens with one attached hydrogen (secondary N) is 3. The molecule has 6 nitrogen and oxygen atoms in total. The lowest BCUT2D eigenvalue weighted by atomic mass is 9.94. The fourth-order valence-corrected chi connectivity index (χ4v) is 2.76. The summed E-state index contributed by atoms with van der Waals surface area (Å²) < 4.78 is 0. The van der Waals surface area contributed by atoms with Crippen molar-refractivity contribution in [2.75, 3.05) is 19.6 Å². The van der Waals surface area contributed by atoms with Gasteiger partial charge in [-0.25, -0.2) is 4.79 Å². The summed E-state index contributed by atoms with van der Waals surface area (Å²) in [7, 11) is 0. The van der Waals surface area contributed by atoms with E-state index in [-0.39, 0.29) is 18.5 Å². The Labute approximate surface area is 127 Å². The highest BCUT2D eigenvalue weighted by Gasteiger charge is 2.15. The number of urea groups is 1. The second kappa shape index (κ2) is 10.4. The minimum absolute atomic E-state index is 0.101. The topological polar surface area (TPSA) is 90.5 Å². The Balaban J connectivity index is 2.16. The van der Waals surface area contributed by atoms with Crippen LogP contribution in [0.2, 0.25) is 0 Å². The highest BCUT2D eigenvalue weighted by Crippen LogP contribution is 2.17. The molecule has 6 heteroatoms. The molecule has 1 fully saturated rings. The van der Waals surface area contributed by atoms with Crippen molar-refractivity contribution in [2.24, 2.45) is 5.92 Å². The van der Waals surface area contributed by atoms with Gasteiger partial charge in [0.05, 0.1) is 0 Å². The van der Waals surface area contributed by atoms with Crippen molar-refractivity contribution in [1.29, 1.82) is 0 Å². The third-order valence-electron chi connectivity index (χ3n) is 3.98. The third kappa shape index (κ3) is 8.55. The Kier molecular flexibility index (Phi) is 8.82. The Morgan fingerprint density at radius 3 is 2.57 bits per heavy atom. The van der Waals surface area contributed by atoms with E-state index in [0.717, 1.165) is 45.2 Å². The molecule has 0 aliphatic carbocycles. The Bertz CT molecular complexity index is 317. The van der Waals surface area contributed by atoms with Gasteiger partial charge in [-0.05, 0) is 44.7 Å². The lowest BCUT2D eigenvalue weighted by molar-refractivity contribution is -0.137. The summed E-state index contributed by atoms with van der Waals surface area (Å²) in [5.41, 5.74) is 0. The zero-order valence-electron chi connectivity index (χ0n) is 13.0. The van der Waals surface area contributed by atoms with E-state index in [2.05, 4.69) is 22.9 Å². The van der Waals surface area contributed by atoms with E-state index in [1.807, 2.05) is 0 Å². The molecule has 1 rings (SSSR count). The minimum atomic E-state index is -0.743. The van der Waals surface area contributed by atoms with Gasteiger partial charge in [0.1, 0.15) is 0 Å². The van der Waals surface area contributed by atoms with Gasteiger partial charge in [-0.2, -0.15) is 0 Å². The first kappa shape index (κ1) is 17.8. The van der Waals surface area contributed by atoms with Crippen LogP contribution in [0, 0.1) is 5.92 Å². The largest absolute Gasteiger partial charge is 0.481 e. The van der Waals surface area contributed by atoms with Gasteiger partial charge < -0.3 is 21.1 Å². The average Bonchev–Trinajstić information content (AvgIpc) is 2.45. The lowest BCUT2D eigenvalue weighted by Crippen LogP contribution is -2.47. The van der Waals surface area contributed by atoms with Gasteiger partial charge >= 0.3 is 12.0 Å². The second-order valence-electron chi connectivity index (χ2n) is 5.80. The van der Waals surface area contributed by atoms with Crippen LogP contribution in [0.1, 0.15) is 51.9 Å². The molecule has 0 saturated carbocycles. The summed E-state index contributed by atoms with van der Waals surface area (Å²) in [5.74, 6) is -0.363. The summed E-state index contributed by atoms with van der Waals surface area (Å²) in [6.07, 6.45) is 5.78. The maximum atomic E-state index is 11.8. The first-order valence-corrected chi connectivity index (χ1v) is 8.08. The van der Waals surface area contributed by atoms with E-state index < -0.39 is 5.97 Å². The zero-order chi connectivity index (χ0) is 15.5. The predicted octanol–water partition coefficient (Wildman–Crippen LogP) is 1.71. The van der Waals surface area contributed by atoms with Crippen LogP contribution < -0.4 is 16.0 Å². The molecule has 1 heterocycles. The molecular formula is C15H29N3O3. The Morgan fingerprint density at radius 1 is 1.24 bits per heavy atom. The normalized spacial score (nSPS) is 17.2. The molecule has 1 unspecified atom stereocenters. The highest BCUT2D eigenvalue weighted by molar-refractivity contribution is 5.74. The van der Waals surface area contributed by atoms with Crippen LogP contribution >= 0.6 is 0 Å². The number of carbonyl (C=O) groups excluding carboxylic acids is 1. The number of carbonyl (C=O) groups is 2. The van der Waals surface area contributed by atoms with E-state index >= 15 is 0 Å². The third-order valence-corrected chi connectivity index (χ3v) is 3.98. The quantitative estimate of drug-likeness (QED) is 0.522. The van der Waals surface area contributed by atoms with Gasteiger partial charge in [-0.3, -0.25) is 4.79 Å². The molecule has 1 saturated heterocycles. The van der Waals surface area contributed by atoms with E-state index in [4.69, 9.17) is 5.11 Å². The number of carboxylic acids is 1. The van der Waals surface area contributed by atoms with Crippen molar-refractivity contribution in [3.05, 3.63) is 0 Å². The average molecular weight is 299 g/mol. The maximum absolute atomic E-state index is 11.8. The van der Waals surface area contributed by atoms with Gasteiger partial charge in [-0.15, -0.1) is 0 Å². The lowest BCUT2D eigenvalue weighted by Gasteiger charge is -2.24. The van der Waals surface area contributed by atoms with Crippen molar-refractivity contribution in [3.63, 3.8) is 0 Å². The summed E-state index contributed by atoms with van der Waals surface area (Å²) in [4.78, 5) is 22.4. The molecule has 0 aromatic carbocycles. The van der Waals surface area contributed by atoms with Crippen LogP contribution in [0.3, 0.4) is 0 Å². The van der Waals surface area contributed by atoms with Crippen LogP contribution in [0.15, 0.2) is 0 Å². The summed E-state index contributed by atoms with van der Waals surface area (Å²) in [6.45, 7) is 4.63. The van der Waals surface area contributed by atoms with E-state index in [1.165, 1.54) is 0 Å². The number of aliphatic carboxylic acids is 1. The number of rotatable bonds is 9. The molecule has 0 radical (unpaired) electrons. The van der Waals surface area contributed by atoms with Gasteiger partial charge in [0.25, 0.3) is 0 Å². The van der Waals surface area contributed by atoms with Gasteiger partial charge in [0.15, 0.2) is 0 Å². The molecule has 4 N–H and O–H groups in total. The van der Waals surface area contributed by atoms with Gasteiger partial charge in [-0.1, -0.05) is 19.8 Å². The molecular weight excluding hydrogens is 270 g/mol. The van der Waals surface area contributed by atoms with Crippen LogP contribution in [-0.4, -0.2) is 42.8 Å². The zero-order valence-corrected chi connectivity index (χ0v) is 13.0. The fourth-order valence-electron chi connectivity index (χ4n) is 2.76. The fraction of sp³-hybridized carbons (Fsp3) is 0.867. The van der Waals surface area contributed by atoms with Crippen molar-refractivity contribution in [1.82, 2.24) is 16.0 Å². The first-order valence-electron chi connectivity index (χ1n) is 8.08. The maximum Gasteiger partial charge on any atom is 0.315 e. The summed E-state index contributed by atoms with van der Waals surface area (Å²) in [6, 6.07) is 0.167. The molecule has 122 valence electrons. The Hall–Kier alpha value is -1.30. The first-order chi connectivity index (χ1) is 10.1. The molecule has 0 aromatic rings. The molecule has 0 aromatic heterocycles. The molecule has 1 atom stereocenters. The molecule has 1 aliphatic heterocycles. The van der Waals surface area contributed by atoms with Crippen LogP contribution in [-0.2, 0) is 4.79 Å². The number of hydrogen-bond donors (Lipinski definition) is 4. The molecule has 0 bridgehead atoms. The van der Waals surface area contributed by atoms with Gasteiger partial charge in [0, 0.05) is 19.0 Å². The molecule has 1 aliphatic rings. The van der Waals surface area contributed by atoms with Gasteiger partial charge in [0.2, 0.25) is 0 Å². The minimum Gasteiger partial charge on any atom is -0.481 e. The molecule has 2 amide bonds. The number of carboxylic acid groups (broad SMARTS) is 1. The van der Waals surface area contributed by atoms with E-state index in [0.29, 0.717) is 18.9 Å². The predicted molar refractivity (Wildman–Crippen MR) is 82.3 cm³/mol. The van der Waals surface area contributed by atoms with Crippen LogP contribution in [0.5, 0.6) is 0 Å². The van der Waals surface area contributed by atoms with Crippen molar-refractivity contribution in [2.45, 2.75) is 57.9 Å². The second-order valence-corrected chi connectivity index (χ2v) is 5.80. The van der Waals surface area contributed by atoms with Crippen molar-refractivity contribution in [3.8, 4) is 0 Å². The highest BCUT2D eigenvalue weighted by atomic mass is 16.4. The molecule has 0 spiro atoms. The summed E-state index contributed by atoms with van der Waals surface area (Å²) in [5, 5.41) is 17.9. The number of amides is 2. The van der Waals surface area contributed by atoms with Crippen LogP contribution in [0.25, 0.3) is 0 Å².